The Kier molecular flexibility index (Phi) is 5.98. The number of nitrogens with two attached hydrogens (primary N) is 1. The van der Waals surface area contributed by atoms with Gasteiger partial charge in [0.25, 0.3) is 0 Å². The molecule has 0 aliphatic carbocycles. The van der Waals surface area contributed by atoms with E-state index in [1.807, 2.05) is 0 Å². The predicted octanol–water partition coefficient (Wildman–Crippen LogP) is 0.410. The van der Waals surface area contributed by atoms with Gasteiger partial charge in [-0.1, -0.05) is 0 Å². The molecule has 0 unspecified atom stereocenters. The van der Waals surface area contributed by atoms with Crippen LogP contribution in [0.15, 0.2) is 24.3 Å². The van der Waals surface area contributed by atoms with Crippen molar-refractivity contribution in [2.24, 2.45) is 0 Å². The van der Waals surface area contributed by atoms with Gasteiger partial charge in [-0.15, -0.1) is 0 Å². The van der Waals surface area contributed by atoms with E-state index in [1.54, 1.807) is 24.3 Å². The maximum Gasteiger partial charge on any atom is 0.229 e. The number of methoxy groups -OCH3 is 3. The number of ether oxygens (including phenoxy) is 5. The van der Waals surface area contributed by atoms with Crippen LogP contribution >= 0.6 is 0 Å². The van der Waals surface area contributed by atoms with E-state index in [-0.39, 0.29) is 6.61 Å². The molecule has 1 aliphatic rings. The second-order valence-electron chi connectivity index (χ2n) is 5.08. The van der Waals surface area contributed by atoms with Gasteiger partial charge in [-0.05, 0) is 24.3 Å². The van der Waals surface area contributed by atoms with E-state index in [0.29, 0.717) is 11.4 Å². The Balaban J connectivity index is 2.16. The molecule has 7 heteroatoms. The van der Waals surface area contributed by atoms with Crippen molar-refractivity contribution in [1.82, 2.24) is 0 Å². The Morgan fingerprint density at radius 2 is 1.73 bits per heavy atom. The third kappa shape index (κ3) is 3.68. The van der Waals surface area contributed by atoms with E-state index in [9.17, 15) is 5.11 Å². The zero-order valence-electron chi connectivity index (χ0n) is 13.0. The van der Waals surface area contributed by atoms with Gasteiger partial charge in [-0.25, -0.2) is 0 Å². The summed E-state index contributed by atoms with van der Waals surface area (Å²) < 4.78 is 27.4. The maximum absolute atomic E-state index is 10.3. The molecule has 0 amide bonds. The molecule has 1 aromatic carbocycles. The number of nitrogen functional groups attached to an aromatic ring is 1. The lowest BCUT2D eigenvalue weighted by Crippen LogP contribution is -2.61. The average Bonchev–Trinajstić information content (AvgIpc) is 2.52. The highest BCUT2D eigenvalue weighted by Crippen LogP contribution is 2.28. The normalized spacial score (nSPS) is 31.9. The highest BCUT2D eigenvalue weighted by molar-refractivity contribution is 5.41. The fraction of sp³-hybridized carbons (Fsp3) is 0.600. The summed E-state index contributed by atoms with van der Waals surface area (Å²) in [5, 5.41) is 10.3. The van der Waals surface area contributed by atoms with Crippen LogP contribution in [0.4, 0.5) is 5.69 Å². The van der Waals surface area contributed by atoms with Crippen LogP contribution in [0.5, 0.6) is 5.75 Å². The van der Waals surface area contributed by atoms with Crippen LogP contribution in [-0.4, -0.2) is 63.7 Å². The molecule has 22 heavy (non-hydrogen) atoms. The molecule has 1 heterocycles. The highest BCUT2D eigenvalue weighted by atomic mass is 16.7. The monoisotopic (exact) mass is 313 g/mol. The number of rotatable bonds is 6. The van der Waals surface area contributed by atoms with Gasteiger partial charge in [-0.2, -0.15) is 0 Å². The number of hydrogen-bond acceptors (Lipinski definition) is 7. The van der Waals surface area contributed by atoms with Crippen molar-refractivity contribution in [3.05, 3.63) is 24.3 Å². The van der Waals surface area contributed by atoms with E-state index in [1.165, 1.54) is 21.3 Å². The van der Waals surface area contributed by atoms with Crippen LogP contribution in [-0.2, 0) is 18.9 Å². The average molecular weight is 313 g/mol. The Morgan fingerprint density at radius 3 is 2.27 bits per heavy atom. The molecule has 3 N–H and O–H groups in total. The summed E-state index contributed by atoms with van der Waals surface area (Å²) in [6.07, 6.45) is -3.34. The first-order chi connectivity index (χ1) is 10.6. The van der Waals surface area contributed by atoms with E-state index in [2.05, 4.69) is 0 Å². The molecule has 7 nitrogen and oxygen atoms in total. The van der Waals surface area contributed by atoms with Crippen LogP contribution in [0.2, 0.25) is 0 Å². The second kappa shape index (κ2) is 7.75. The molecule has 1 saturated heterocycles. The summed E-state index contributed by atoms with van der Waals surface area (Å²) >= 11 is 0. The van der Waals surface area contributed by atoms with Crippen molar-refractivity contribution in [1.29, 1.82) is 0 Å². The minimum atomic E-state index is -0.874. The Morgan fingerprint density at radius 1 is 1.09 bits per heavy atom. The second-order valence-corrected chi connectivity index (χ2v) is 5.08. The van der Waals surface area contributed by atoms with Gasteiger partial charge in [0.2, 0.25) is 6.29 Å². The van der Waals surface area contributed by atoms with Gasteiger partial charge in [0.15, 0.2) is 0 Å². The molecular formula is C15H23NO6. The molecule has 1 aromatic rings. The first kappa shape index (κ1) is 17.0. The van der Waals surface area contributed by atoms with Crippen LogP contribution in [0, 0.1) is 0 Å². The molecule has 0 spiro atoms. The van der Waals surface area contributed by atoms with E-state index in [4.69, 9.17) is 29.4 Å². The molecule has 124 valence electrons. The minimum absolute atomic E-state index is 0.221. The summed E-state index contributed by atoms with van der Waals surface area (Å²) in [5.74, 6) is 0.587. The SMILES string of the molecule is COC[C@H]1O[C@@H](Oc2ccc(N)cc2)[C@H](OC)[C@@H](OC)[C@H]1O. The van der Waals surface area contributed by atoms with Gasteiger partial charge in [0.05, 0.1) is 6.61 Å². The summed E-state index contributed by atoms with van der Waals surface area (Å²) in [4.78, 5) is 0. The van der Waals surface area contributed by atoms with Crippen molar-refractivity contribution in [2.75, 3.05) is 33.7 Å². The van der Waals surface area contributed by atoms with Gasteiger partial charge in [-0.3, -0.25) is 0 Å². The van der Waals surface area contributed by atoms with Crippen LogP contribution < -0.4 is 10.5 Å². The van der Waals surface area contributed by atoms with Gasteiger partial charge >= 0.3 is 0 Å². The molecular weight excluding hydrogens is 290 g/mol. The molecule has 0 radical (unpaired) electrons. The number of benzene rings is 1. The van der Waals surface area contributed by atoms with Crippen LogP contribution in [0.25, 0.3) is 0 Å². The van der Waals surface area contributed by atoms with Crippen molar-refractivity contribution >= 4 is 5.69 Å². The third-order valence-electron chi connectivity index (χ3n) is 3.63. The van der Waals surface area contributed by atoms with E-state index >= 15 is 0 Å². The maximum atomic E-state index is 10.3. The lowest BCUT2D eigenvalue weighted by molar-refractivity contribution is -0.288. The quantitative estimate of drug-likeness (QED) is 0.735. The molecule has 0 saturated carbocycles. The first-order valence-corrected chi connectivity index (χ1v) is 7.01. The first-order valence-electron chi connectivity index (χ1n) is 7.01. The highest BCUT2D eigenvalue weighted by Gasteiger charge is 2.47. The zero-order valence-corrected chi connectivity index (χ0v) is 13.0. The van der Waals surface area contributed by atoms with Crippen molar-refractivity contribution in [3.8, 4) is 5.75 Å². The van der Waals surface area contributed by atoms with Crippen molar-refractivity contribution in [3.63, 3.8) is 0 Å². The molecule has 0 aromatic heterocycles. The molecule has 0 bridgehead atoms. The fourth-order valence-corrected chi connectivity index (χ4v) is 2.49. The van der Waals surface area contributed by atoms with Gasteiger partial charge in [0, 0.05) is 27.0 Å². The Labute approximate surface area is 129 Å². The number of aliphatic hydroxyl groups is 1. The van der Waals surface area contributed by atoms with E-state index in [0.717, 1.165) is 0 Å². The summed E-state index contributed by atoms with van der Waals surface area (Å²) in [7, 11) is 4.56. The molecule has 1 aliphatic heterocycles. The predicted molar refractivity (Wildman–Crippen MR) is 79.6 cm³/mol. The van der Waals surface area contributed by atoms with E-state index < -0.39 is 30.7 Å². The van der Waals surface area contributed by atoms with Gasteiger partial charge < -0.3 is 34.5 Å². The summed E-state index contributed by atoms with van der Waals surface area (Å²) in [6, 6.07) is 6.94. The molecule has 1 fully saturated rings. The third-order valence-corrected chi connectivity index (χ3v) is 3.63. The molecule has 5 atom stereocenters. The van der Waals surface area contributed by atoms with Crippen molar-refractivity contribution < 1.29 is 28.8 Å². The van der Waals surface area contributed by atoms with Crippen molar-refractivity contribution in [2.45, 2.75) is 30.7 Å². The minimum Gasteiger partial charge on any atom is -0.462 e. The standard InChI is InChI=1S/C15H23NO6/c1-18-8-11-12(17)13(19-2)14(20-3)15(22-11)21-10-6-4-9(16)5-7-10/h4-7,11-15,17H,8,16H2,1-3H3/t11-,12+,13+,14-,15-/m1/s1. The fourth-order valence-electron chi connectivity index (χ4n) is 2.49. The lowest BCUT2D eigenvalue weighted by Gasteiger charge is -2.42. The lowest BCUT2D eigenvalue weighted by atomic mass is 9.99. The van der Waals surface area contributed by atoms with Gasteiger partial charge in [0.1, 0.15) is 30.2 Å². The smallest absolute Gasteiger partial charge is 0.229 e. The number of hydrogen-bond donors (Lipinski definition) is 2. The summed E-state index contributed by atoms with van der Waals surface area (Å²) in [5.41, 5.74) is 6.30. The largest absolute Gasteiger partial charge is 0.462 e. The summed E-state index contributed by atoms with van der Waals surface area (Å²) in [6.45, 7) is 0.221. The zero-order chi connectivity index (χ0) is 16.1. The van der Waals surface area contributed by atoms with Crippen LogP contribution in [0.1, 0.15) is 0 Å². The number of aliphatic hydroxyl groups excluding tert-OH is 1. The Bertz CT molecular complexity index is 454. The Hall–Kier alpha value is -1.38. The number of anilines is 1. The topological polar surface area (TPSA) is 92.4 Å². The van der Waals surface area contributed by atoms with Crippen LogP contribution in [0.3, 0.4) is 0 Å². The molecule has 2 rings (SSSR count).